The van der Waals surface area contributed by atoms with Crippen LogP contribution < -0.4 is 16.3 Å². The van der Waals surface area contributed by atoms with E-state index in [1.165, 1.54) is 18.2 Å². The molecule has 0 bridgehead atoms. The molecule has 2 aromatic heterocycles. The predicted octanol–water partition coefficient (Wildman–Crippen LogP) is 4.04. The van der Waals surface area contributed by atoms with E-state index in [0.29, 0.717) is 18.1 Å². The molecule has 0 spiro atoms. The highest BCUT2D eigenvalue weighted by Gasteiger charge is 2.30. The average Bonchev–Trinajstić information content (AvgIpc) is 3.13. The fourth-order valence-electron chi connectivity index (χ4n) is 2.93. The van der Waals surface area contributed by atoms with Crippen LogP contribution in [-0.2, 0) is 12.7 Å². The molecule has 4 rings (SSSR count). The number of aromatic amines is 1. The monoisotopic (exact) mass is 442 g/mol. The summed E-state index contributed by atoms with van der Waals surface area (Å²) in [6.45, 7) is 0.422. The number of hydrogen-bond donors (Lipinski definition) is 4. The van der Waals surface area contributed by atoms with Gasteiger partial charge < -0.3 is 15.7 Å². The first-order valence-electron chi connectivity index (χ1n) is 9.40. The minimum absolute atomic E-state index is 0.00618. The van der Waals surface area contributed by atoms with Crippen molar-refractivity contribution in [1.82, 2.24) is 19.7 Å². The number of alkyl halides is 3. The summed E-state index contributed by atoms with van der Waals surface area (Å²) in [6, 6.07) is 14.6. The quantitative estimate of drug-likeness (QED) is 0.359. The van der Waals surface area contributed by atoms with Crippen LogP contribution in [0, 0.1) is 0 Å². The lowest BCUT2D eigenvalue weighted by molar-refractivity contribution is -0.137. The van der Waals surface area contributed by atoms with Gasteiger partial charge in [-0.15, -0.1) is 5.10 Å². The van der Waals surface area contributed by atoms with Gasteiger partial charge in [0, 0.05) is 18.4 Å². The number of nitrogens with zero attached hydrogens (tertiary/aromatic N) is 3. The van der Waals surface area contributed by atoms with Crippen LogP contribution in [0.5, 0.6) is 5.75 Å². The zero-order valence-electron chi connectivity index (χ0n) is 16.4. The molecule has 2 aromatic carbocycles. The van der Waals surface area contributed by atoms with Gasteiger partial charge in [-0.3, -0.25) is 4.98 Å². The maximum atomic E-state index is 12.9. The van der Waals surface area contributed by atoms with Crippen LogP contribution in [0.25, 0.3) is 5.69 Å². The molecule has 32 heavy (non-hydrogen) atoms. The van der Waals surface area contributed by atoms with E-state index in [-0.39, 0.29) is 17.4 Å². The number of rotatable bonds is 6. The summed E-state index contributed by atoms with van der Waals surface area (Å²) in [6.07, 6.45) is -2.96. The summed E-state index contributed by atoms with van der Waals surface area (Å²) in [4.78, 5) is 18.7. The van der Waals surface area contributed by atoms with Crippen molar-refractivity contribution < 1.29 is 18.3 Å². The molecule has 0 saturated heterocycles. The second-order valence-electron chi connectivity index (χ2n) is 6.79. The smallest absolute Gasteiger partial charge is 0.416 e. The van der Waals surface area contributed by atoms with E-state index in [0.717, 1.165) is 22.4 Å². The molecule has 0 radical (unpaired) electrons. The fourth-order valence-corrected chi connectivity index (χ4v) is 2.93. The van der Waals surface area contributed by atoms with Crippen molar-refractivity contribution >= 4 is 17.5 Å². The van der Waals surface area contributed by atoms with Gasteiger partial charge in [0.1, 0.15) is 0 Å². The Balaban J connectivity index is 1.45. The van der Waals surface area contributed by atoms with E-state index in [4.69, 9.17) is 0 Å². The second kappa shape index (κ2) is 8.46. The zero-order valence-corrected chi connectivity index (χ0v) is 16.4. The Morgan fingerprint density at radius 3 is 2.56 bits per heavy atom. The predicted molar refractivity (Wildman–Crippen MR) is 112 cm³/mol. The Kier molecular flexibility index (Phi) is 5.54. The molecule has 4 N–H and O–H groups in total. The van der Waals surface area contributed by atoms with Crippen LogP contribution in [-0.4, -0.2) is 24.9 Å². The summed E-state index contributed by atoms with van der Waals surface area (Å²) in [5.74, 6) is 0.496. The van der Waals surface area contributed by atoms with Crippen molar-refractivity contribution in [2.45, 2.75) is 12.7 Å². The Hall–Kier alpha value is -4.28. The summed E-state index contributed by atoms with van der Waals surface area (Å²) in [5.41, 5.74) is -0.0401. The Morgan fingerprint density at radius 1 is 1.06 bits per heavy atom. The lowest BCUT2D eigenvalue weighted by atomic mass is 10.2. The first-order chi connectivity index (χ1) is 15.3. The van der Waals surface area contributed by atoms with Crippen molar-refractivity contribution in [3.05, 3.63) is 88.5 Å². The van der Waals surface area contributed by atoms with E-state index < -0.39 is 17.4 Å². The number of aromatic hydroxyl groups is 1. The van der Waals surface area contributed by atoms with E-state index in [1.54, 1.807) is 24.4 Å². The van der Waals surface area contributed by atoms with Gasteiger partial charge in [0.05, 0.1) is 11.3 Å². The summed E-state index contributed by atoms with van der Waals surface area (Å²) >= 11 is 0. The van der Waals surface area contributed by atoms with Gasteiger partial charge in [0.2, 0.25) is 5.95 Å². The maximum Gasteiger partial charge on any atom is 0.416 e. The summed E-state index contributed by atoms with van der Waals surface area (Å²) < 4.78 is 39.7. The highest BCUT2D eigenvalue weighted by molar-refractivity contribution is 5.54. The molecule has 8 nitrogen and oxygen atoms in total. The van der Waals surface area contributed by atoms with Gasteiger partial charge in [0.25, 0.3) is 0 Å². The van der Waals surface area contributed by atoms with Crippen LogP contribution in [0.3, 0.4) is 0 Å². The van der Waals surface area contributed by atoms with Crippen molar-refractivity contribution in [3.8, 4) is 11.4 Å². The number of pyridine rings is 1. The molecule has 0 saturated carbocycles. The third-order valence-corrected chi connectivity index (χ3v) is 4.50. The molecule has 11 heteroatoms. The van der Waals surface area contributed by atoms with Crippen LogP contribution in [0.4, 0.5) is 30.6 Å². The first kappa shape index (κ1) is 21.0. The van der Waals surface area contributed by atoms with Crippen molar-refractivity contribution in [1.29, 1.82) is 0 Å². The highest BCUT2D eigenvalue weighted by Crippen LogP contribution is 2.30. The third kappa shape index (κ3) is 4.72. The van der Waals surface area contributed by atoms with Gasteiger partial charge in [-0.2, -0.15) is 17.9 Å². The molecule has 0 aliphatic rings. The van der Waals surface area contributed by atoms with Gasteiger partial charge in [-0.05, 0) is 48.0 Å². The number of H-pyrrole nitrogens is 1. The van der Waals surface area contributed by atoms with Gasteiger partial charge >= 0.3 is 11.9 Å². The summed E-state index contributed by atoms with van der Waals surface area (Å²) in [5, 5.41) is 19.7. The largest absolute Gasteiger partial charge is 0.504 e. The van der Waals surface area contributed by atoms with Crippen molar-refractivity contribution in [2.24, 2.45) is 0 Å². The average molecular weight is 442 g/mol. The standard InChI is InChI=1S/C21H17F3N6O2/c22-21(23,24)14-3-1-4-16(11-14)30-20(32)28-19(29-30)27-15-8-6-13(7-9-15)12-26-18-17(31)5-2-10-25-18/h1-11,31H,12H2,(H,25,26)(H2,27,28,29,32). The van der Waals surface area contributed by atoms with Gasteiger partial charge in [0.15, 0.2) is 11.6 Å². The van der Waals surface area contributed by atoms with Crippen LogP contribution in [0.2, 0.25) is 0 Å². The fraction of sp³-hybridized carbons (Fsp3) is 0.0952. The molecule has 164 valence electrons. The van der Waals surface area contributed by atoms with E-state index in [9.17, 15) is 23.1 Å². The number of nitrogens with one attached hydrogen (secondary N) is 3. The number of anilines is 3. The molecule has 0 fully saturated rings. The van der Waals surface area contributed by atoms with Gasteiger partial charge in [-0.25, -0.2) is 9.78 Å². The van der Waals surface area contributed by atoms with E-state index in [2.05, 4.69) is 25.7 Å². The van der Waals surface area contributed by atoms with Crippen molar-refractivity contribution in [3.63, 3.8) is 0 Å². The molecule has 0 atom stereocenters. The van der Waals surface area contributed by atoms with E-state index in [1.807, 2.05) is 12.1 Å². The SMILES string of the molecule is O=c1[nH]c(Nc2ccc(CNc3ncccc3O)cc2)nn1-c1cccc(C(F)(F)F)c1. The zero-order chi connectivity index (χ0) is 22.7. The topological polar surface area (TPSA) is 108 Å². The molecule has 0 amide bonds. The summed E-state index contributed by atoms with van der Waals surface area (Å²) in [7, 11) is 0. The lowest BCUT2D eigenvalue weighted by Crippen LogP contribution is -2.16. The lowest BCUT2D eigenvalue weighted by Gasteiger charge is -2.08. The minimum Gasteiger partial charge on any atom is -0.504 e. The number of halogens is 3. The number of benzene rings is 2. The highest BCUT2D eigenvalue weighted by atomic mass is 19.4. The Bertz CT molecular complexity index is 1280. The molecule has 0 aliphatic heterocycles. The van der Waals surface area contributed by atoms with Crippen LogP contribution >= 0.6 is 0 Å². The minimum atomic E-state index is -4.52. The van der Waals surface area contributed by atoms with E-state index >= 15 is 0 Å². The molecule has 2 heterocycles. The first-order valence-corrected chi connectivity index (χ1v) is 9.40. The maximum absolute atomic E-state index is 12.9. The molecular weight excluding hydrogens is 425 g/mol. The molecular formula is C21H17F3N6O2. The Labute approximate surface area is 179 Å². The number of aromatic nitrogens is 4. The second-order valence-corrected chi connectivity index (χ2v) is 6.79. The molecule has 4 aromatic rings. The Morgan fingerprint density at radius 2 is 1.84 bits per heavy atom. The molecule has 0 aliphatic carbocycles. The normalized spacial score (nSPS) is 11.3. The third-order valence-electron chi connectivity index (χ3n) is 4.50. The van der Waals surface area contributed by atoms with Crippen LogP contribution in [0.1, 0.15) is 11.1 Å². The van der Waals surface area contributed by atoms with Crippen molar-refractivity contribution in [2.75, 3.05) is 10.6 Å². The number of hydrogen-bond acceptors (Lipinski definition) is 6. The van der Waals surface area contributed by atoms with Gasteiger partial charge in [-0.1, -0.05) is 18.2 Å². The van der Waals surface area contributed by atoms with Crippen LogP contribution in [0.15, 0.2) is 71.7 Å². The molecule has 0 unspecified atom stereocenters.